The van der Waals surface area contributed by atoms with Gasteiger partial charge in [0.1, 0.15) is 5.82 Å². The van der Waals surface area contributed by atoms with Gasteiger partial charge in [-0.25, -0.2) is 15.0 Å². The maximum Gasteiger partial charge on any atom is 0.259 e. The molecule has 1 aliphatic rings. The van der Waals surface area contributed by atoms with Gasteiger partial charge < -0.3 is 15.6 Å². The monoisotopic (exact) mass is 489 g/mol. The average Bonchev–Trinajstić information content (AvgIpc) is 3.61. The highest BCUT2D eigenvalue weighted by Crippen LogP contribution is 2.50. The molecule has 1 aromatic carbocycles. The van der Waals surface area contributed by atoms with E-state index in [4.69, 9.17) is 15.2 Å². The summed E-state index contributed by atoms with van der Waals surface area (Å²) in [5.41, 5.74) is 9.07. The third kappa shape index (κ3) is 4.93. The molecule has 2 unspecified atom stereocenters. The summed E-state index contributed by atoms with van der Waals surface area (Å²) in [6, 6.07) is 12.1. The molecule has 0 spiro atoms. The number of anilines is 2. The van der Waals surface area contributed by atoms with Crippen LogP contribution in [0.15, 0.2) is 59.5 Å². The van der Waals surface area contributed by atoms with Gasteiger partial charge >= 0.3 is 0 Å². The Hall–Kier alpha value is -3.66. The predicted octanol–water partition coefficient (Wildman–Crippen LogP) is 3.68. The first-order valence-corrected chi connectivity index (χ1v) is 13.2. The van der Waals surface area contributed by atoms with Crippen LogP contribution in [-0.2, 0) is 16.2 Å². The number of benzene rings is 1. The molecule has 180 valence electrons. The summed E-state index contributed by atoms with van der Waals surface area (Å²) in [5.74, 6) is 3.11. The van der Waals surface area contributed by atoms with Gasteiger partial charge in [-0.15, -0.1) is 0 Å². The van der Waals surface area contributed by atoms with Gasteiger partial charge in [0, 0.05) is 53.5 Å². The fourth-order valence-electron chi connectivity index (χ4n) is 4.20. The van der Waals surface area contributed by atoms with Crippen molar-refractivity contribution in [1.29, 1.82) is 0 Å². The zero-order valence-corrected chi connectivity index (χ0v) is 20.5. The third-order valence-electron chi connectivity index (χ3n) is 6.48. The van der Waals surface area contributed by atoms with E-state index in [-0.39, 0.29) is 11.4 Å². The van der Waals surface area contributed by atoms with Crippen LogP contribution in [-0.4, -0.2) is 47.9 Å². The molecule has 1 fully saturated rings. The number of nitrogens with zero attached hydrogens (tertiary/aromatic N) is 5. The zero-order chi connectivity index (χ0) is 24.4. The van der Waals surface area contributed by atoms with E-state index in [0.29, 0.717) is 35.7 Å². The number of pyridine rings is 1. The lowest BCUT2D eigenvalue weighted by molar-refractivity contribution is 0.386. The first-order chi connectivity index (χ1) is 16.9. The fraction of sp³-hybridized carbons (Fsp3) is 0.320. The molecule has 0 bridgehead atoms. The van der Waals surface area contributed by atoms with Crippen LogP contribution in [0.3, 0.4) is 0 Å². The number of aromatic nitrogens is 5. The van der Waals surface area contributed by atoms with Crippen LogP contribution in [0.25, 0.3) is 22.6 Å². The quantitative estimate of drug-likeness (QED) is 0.361. The zero-order valence-electron chi connectivity index (χ0n) is 19.6. The minimum absolute atomic E-state index is 0.259. The van der Waals surface area contributed by atoms with E-state index in [0.717, 1.165) is 35.1 Å². The van der Waals surface area contributed by atoms with Crippen molar-refractivity contribution in [3.05, 3.63) is 66.4 Å². The van der Waals surface area contributed by atoms with Crippen molar-refractivity contribution in [3.63, 3.8) is 0 Å². The maximum atomic E-state index is 11.2. The Kier molecular flexibility index (Phi) is 6.29. The van der Waals surface area contributed by atoms with Gasteiger partial charge in [-0.3, -0.25) is 4.21 Å². The first-order valence-electron chi connectivity index (χ1n) is 11.5. The van der Waals surface area contributed by atoms with E-state index in [1.807, 2.05) is 12.1 Å². The molecule has 3 heterocycles. The maximum absolute atomic E-state index is 11.2. The second-order valence-corrected chi connectivity index (χ2v) is 10.5. The molecule has 3 aromatic heterocycles. The van der Waals surface area contributed by atoms with Crippen LogP contribution in [0.5, 0.6) is 0 Å². The molecular weight excluding hydrogens is 462 g/mol. The number of hydrogen-bond acceptors (Lipinski definition) is 9. The Morgan fingerprint density at radius 2 is 1.71 bits per heavy atom. The summed E-state index contributed by atoms with van der Waals surface area (Å²) in [6.45, 7) is 2.79. The van der Waals surface area contributed by atoms with Gasteiger partial charge in [0.2, 0.25) is 5.95 Å². The number of nitrogens with one attached hydrogen (secondary N) is 1. The molecule has 1 aliphatic carbocycles. The van der Waals surface area contributed by atoms with E-state index in [9.17, 15) is 4.21 Å². The van der Waals surface area contributed by atoms with Gasteiger partial charge in [-0.05, 0) is 48.9 Å². The molecular formula is C25H27N7O2S. The third-order valence-corrected chi connectivity index (χ3v) is 7.26. The van der Waals surface area contributed by atoms with Crippen molar-refractivity contribution in [2.75, 3.05) is 29.6 Å². The van der Waals surface area contributed by atoms with Crippen LogP contribution in [0, 0.1) is 5.92 Å². The molecule has 9 nitrogen and oxygen atoms in total. The smallest absolute Gasteiger partial charge is 0.259 e. The first kappa shape index (κ1) is 23.1. The van der Waals surface area contributed by atoms with E-state index in [1.165, 1.54) is 0 Å². The van der Waals surface area contributed by atoms with Crippen molar-refractivity contribution < 1.29 is 8.73 Å². The molecule has 10 heteroatoms. The minimum Gasteiger partial charge on any atom is -0.369 e. The van der Waals surface area contributed by atoms with E-state index in [2.05, 4.69) is 56.6 Å². The minimum atomic E-state index is -0.840. The van der Waals surface area contributed by atoms with Crippen LogP contribution in [0.2, 0.25) is 0 Å². The highest BCUT2D eigenvalue weighted by atomic mass is 32.2. The van der Waals surface area contributed by atoms with Gasteiger partial charge in [-0.1, -0.05) is 29.4 Å². The van der Waals surface area contributed by atoms with Gasteiger partial charge in [0.25, 0.3) is 5.89 Å². The predicted molar refractivity (Wildman–Crippen MR) is 136 cm³/mol. The molecule has 0 radical (unpaired) electrons. The summed E-state index contributed by atoms with van der Waals surface area (Å²) in [7, 11) is -0.840. The number of nitrogens with two attached hydrogens (primary N) is 1. The van der Waals surface area contributed by atoms with Crippen molar-refractivity contribution in [3.8, 4) is 22.6 Å². The molecule has 2 atom stereocenters. The Bertz CT molecular complexity index is 1320. The summed E-state index contributed by atoms with van der Waals surface area (Å²) >= 11 is 0. The van der Waals surface area contributed by atoms with E-state index >= 15 is 0 Å². The lowest BCUT2D eigenvalue weighted by Gasteiger charge is -2.27. The van der Waals surface area contributed by atoms with E-state index < -0.39 is 10.8 Å². The van der Waals surface area contributed by atoms with Crippen molar-refractivity contribution in [2.24, 2.45) is 5.92 Å². The van der Waals surface area contributed by atoms with Crippen molar-refractivity contribution in [1.82, 2.24) is 25.1 Å². The fourth-order valence-corrected chi connectivity index (χ4v) is 4.59. The highest BCUT2D eigenvalue weighted by molar-refractivity contribution is 7.84. The molecule has 0 aliphatic heterocycles. The molecule has 3 N–H and O–H groups in total. The summed E-state index contributed by atoms with van der Waals surface area (Å²) in [6.07, 6.45) is 9.09. The van der Waals surface area contributed by atoms with Crippen molar-refractivity contribution in [2.45, 2.75) is 25.2 Å². The molecule has 0 amide bonds. The summed E-state index contributed by atoms with van der Waals surface area (Å²) in [4.78, 5) is 17.4. The normalized spacial score (nSPS) is 15.9. The lowest BCUT2D eigenvalue weighted by atomic mass is 9.76. The molecule has 35 heavy (non-hydrogen) atoms. The van der Waals surface area contributed by atoms with Gasteiger partial charge in [0.15, 0.2) is 5.82 Å². The summed E-state index contributed by atoms with van der Waals surface area (Å²) < 4.78 is 16.9. The Morgan fingerprint density at radius 1 is 1.03 bits per heavy atom. The highest BCUT2D eigenvalue weighted by Gasteiger charge is 2.47. The van der Waals surface area contributed by atoms with Crippen LogP contribution < -0.4 is 11.1 Å². The standard InChI is InChI=1S/C25H27N7O2S/c1-25(20-8-9-20,19-6-3-16(4-7-19)18-14-29-24(26)30-15-18)23-31-22(34-32-23)17-5-10-21(28-13-17)27-11-12-35(2)33/h3-7,10,13-15,20H,8-9,11-12H2,1-2H3,(H,27,28)(H2,26,29,30). The molecule has 1 saturated carbocycles. The SMILES string of the molecule is CS(=O)CCNc1ccc(-c2nc(C(C)(c3ccc(-c4cnc(N)nc4)cc3)C3CC3)no2)cn1. The molecule has 5 rings (SSSR count). The van der Waals surface area contributed by atoms with Crippen molar-refractivity contribution >= 4 is 22.6 Å². The van der Waals surface area contributed by atoms with Gasteiger partial charge in [-0.2, -0.15) is 4.98 Å². The Labute approximate surface area is 206 Å². The summed E-state index contributed by atoms with van der Waals surface area (Å²) in [5, 5.41) is 7.55. The molecule has 0 saturated heterocycles. The number of hydrogen-bond donors (Lipinski definition) is 2. The molecule has 4 aromatic rings. The second-order valence-electron chi connectivity index (χ2n) is 8.94. The topological polar surface area (TPSA) is 133 Å². The van der Waals surface area contributed by atoms with Crippen LogP contribution in [0.1, 0.15) is 31.2 Å². The Morgan fingerprint density at radius 3 is 2.34 bits per heavy atom. The number of rotatable bonds is 9. The number of nitrogen functional groups attached to an aromatic ring is 1. The lowest BCUT2D eigenvalue weighted by Crippen LogP contribution is -2.28. The van der Waals surface area contributed by atoms with Crippen LogP contribution in [0.4, 0.5) is 11.8 Å². The largest absolute Gasteiger partial charge is 0.369 e. The Balaban J connectivity index is 1.37. The average molecular weight is 490 g/mol. The van der Waals surface area contributed by atoms with Gasteiger partial charge in [0.05, 0.1) is 11.0 Å². The van der Waals surface area contributed by atoms with Crippen LogP contribution >= 0.6 is 0 Å². The second kappa shape index (κ2) is 9.53. The van der Waals surface area contributed by atoms with E-state index in [1.54, 1.807) is 24.8 Å².